The topological polar surface area (TPSA) is 69.7 Å². The molecule has 1 aliphatic heterocycles. The number of benzene rings is 2. The van der Waals surface area contributed by atoms with Crippen LogP contribution in [-0.4, -0.2) is 59.7 Å². The molecule has 1 fully saturated rings. The number of nitrogens with zero attached hydrogens (tertiary/aromatic N) is 2. The van der Waals surface area contributed by atoms with Gasteiger partial charge in [-0.3, -0.25) is 14.4 Å². The lowest BCUT2D eigenvalue weighted by Crippen LogP contribution is -2.54. The summed E-state index contributed by atoms with van der Waals surface area (Å²) >= 11 is 0. The summed E-state index contributed by atoms with van der Waals surface area (Å²) in [5.74, 6) is -1.07. The van der Waals surface area contributed by atoms with Gasteiger partial charge in [-0.15, -0.1) is 0 Å². The number of carbonyl (C=O) groups is 3. The van der Waals surface area contributed by atoms with Crippen LogP contribution in [0, 0.1) is 0 Å². The minimum atomic E-state index is -0.585. The minimum absolute atomic E-state index is 0.0381. The zero-order valence-electron chi connectivity index (χ0n) is 16.9. The highest BCUT2D eigenvalue weighted by molar-refractivity contribution is 6.35. The van der Waals surface area contributed by atoms with Crippen LogP contribution in [0.15, 0.2) is 54.6 Å². The summed E-state index contributed by atoms with van der Waals surface area (Å²) in [4.78, 5) is 39.9. The molecule has 1 heterocycles. The van der Waals surface area contributed by atoms with E-state index in [1.807, 2.05) is 56.3 Å². The normalized spacial score (nSPS) is 14.0. The minimum Gasteiger partial charge on any atom is -0.346 e. The van der Waals surface area contributed by atoms with Crippen molar-refractivity contribution in [3.63, 3.8) is 0 Å². The molecular formula is C23H27N3O3. The second kappa shape index (κ2) is 9.37. The zero-order chi connectivity index (χ0) is 20.8. The molecule has 1 aliphatic rings. The molecule has 1 N–H and O–H groups in total. The Bertz CT molecular complexity index is 855. The predicted molar refractivity (Wildman–Crippen MR) is 112 cm³/mol. The van der Waals surface area contributed by atoms with Crippen molar-refractivity contribution in [2.75, 3.05) is 26.2 Å². The van der Waals surface area contributed by atoms with Crippen molar-refractivity contribution in [3.05, 3.63) is 60.2 Å². The van der Waals surface area contributed by atoms with Crippen LogP contribution in [0.5, 0.6) is 0 Å². The standard InChI is InChI=1S/C23H27N3O3/c1-17(2)24-22(28)23(29)26-14-12-25(13-15-26)21(27)16-18-8-10-20(11-9-18)19-6-4-3-5-7-19/h3-11,17H,12-16H2,1-2H3,(H,24,28). The maximum absolute atomic E-state index is 12.6. The van der Waals surface area contributed by atoms with E-state index >= 15 is 0 Å². The van der Waals surface area contributed by atoms with E-state index in [0.717, 1.165) is 16.7 Å². The highest BCUT2D eigenvalue weighted by atomic mass is 16.2. The quantitative estimate of drug-likeness (QED) is 0.809. The van der Waals surface area contributed by atoms with Crippen LogP contribution in [0.2, 0.25) is 0 Å². The smallest absolute Gasteiger partial charge is 0.312 e. The van der Waals surface area contributed by atoms with E-state index in [2.05, 4.69) is 17.4 Å². The van der Waals surface area contributed by atoms with Crippen molar-refractivity contribution in [1.29, 1.82) is 0 Å². The number of amides is 3. The third-order valence-electron chi connectivity index (χ3n) is 4.95. The third-order valence-corrected chi connectivity index (χ3v) is 4.95. The summed E-state index contributed by atoms with van der Waals surface area (Å²) in [7, 11) is 0. The fourth-order valence-corrected chi connectivity index (χ4v) is 3.36. The van der Waals surface area contributed by atoms with E-state index in [0.29, 0.717) is 32.6 Å². The molecule has 6 nitrogen and oxygen atoms in total. The molecule has 1 saturated heterocycles. The summed E-state index contributed by atoms with van der Waals surface area (Å²) in [6.45, 7) is 5.28. The summed E-state index contributed by atoms with van der Waals surface area (Å²) in [6.07, 6.45) is 0.330. The van der Waals surface area contributed by atoms with Gasteiger partial charge in [0, 0.05) is 32.2 Å². The number of piperazine rings is 1. The first-order valence-corrected chi connectivity index (χ1v) is 9.96. The first-order valence-electron chi connectivity index (χ1n) is 9.96. The number of rotatable bonds is 4. The Labute approximate surface area is 171 Å². The van der Waals surface area contributed by atoms with E-state index in [9.17, 15) is 14.4 Å². The lowest BCUT2D eigenvalue weighted by molar-refractivity contribution is -0.148. The lowest BCUT2D eigenvalue weighted by atomic mass is 10.0. The van der Waals surface area contributed by atoms with Gasteiger partial charge in [-0.25, -0.2) is 0 Å². The van der Waals surface area contributed by atoms with Gasteiger partial charge in [0.25, 0.3) is 0 Å². The number of hydrogen-bond donors (Lipinski definition) is 1. The Balaban J connectivity index is 1.51. The molecule has 6 heteroatoms. The van der Waals surface area contributed by atoms with Crippen molar-refractivity contribution in [1.82, 2.24) is 15.1 Å². The monoisotopic (exact) mass is 393 g/mol. The molecule has 0 aliphatic carbocycles. The fraction of sp³-hybridized carbons (Fsp3) is 0.348. The van der Waals surface area contributed by atoms with Crippen LogP contribution < -0.4 is 5.32 Å². The van der Waals surface area contributed by atoms with Gasteiger partial charge in [-0.2, -0.15) is 0 Å². The molecule has 0 spiro atoms. The van der Waals surface area contributed by atoms with Crippen LogP contribution in [0.3, 0.4) is 0 Å². The summed E-state index contributed by atoms with van der Waals surface area (Å²) < 4.78 is 0. The SMILES string of the molecule is CC(C)NC(=O)C(=O)N1CCN(C(=O)Cc2ccc(-c3ccccc3)cc2)CC1. The first kappa shape index (κ1) is 20.6. The predicted octanol–water partition coefficient (Wildman–Crippen LogP) is 2.09. The lowest BCUT2D eigenvalue weighted by Gasteiger charge is -2.34. The average molecular weight is 393 g/mol. The maximum Gasteiger partial charge on any atom is 0.312 e. The number of nitrogens with one attached hydrogen (secondary N) is 1. The van der Waals surface area contributed by atoms with Gasteiger partial charge in [-0.1, -0.05) is 54.6 Å². The Morgan fingerprint density at radius 2 is 1.38 bits per heavy atom. The van der Waals surface area contributed by atoms with Gasteiger partial charge < -0.3 is 15.1 Å². The molecule has 2 aromatic rings. The van der Waals surface area contributed by atoms with Crippen LogP contribution in [0.1, 0.15) is 19.4 Å². The molecule has 152 valence electrons. The van der Waals surface area contributed by atoms with Crippen LogP contribution >= 0.6 is 0 Å². The molecular weight excluding hydrogens is 366 g/mol. The van der Waals surface area contributed by atoms with Gasteiger partial charge in [0.05, 0.1) is 6.42 Å². The number of hydrogen-bond acceptors (Lipinski definition) is 3. The van der Waals surface area contributed by atoms with Crippen LogP contribution in [-0.2, 0) is 20.8 Å². The molecule has 0 saturated carbocycles. The van der Waals surface area contributed by atoms with Gasteiger partial charge in [0.15, 0.2) is 0 Å². The van der Waals surface area contributed by atoms with Crippen LogP contribution in [0.25, 0.3) is 11.1 Å². The summed E-state index contributed by atoms with van der Waals surface area (Å²) in [5.41, 5.74) is 3.23. The summed E-state index contributed by atoms with van der Waals surface area (Å²) in [6, 6.07) is 18.1. The van der Waals surface area contributed by atoms with E-state index in [-0.39, 0.29) is 11.9 Å². The maximum atomic E-state index is 12.6. The summed E-state index contributed by atoms with van der Waals surface area (Å²) in [5, 5.41) is 2.61. The van der Waals surface area contributed by atoms with E-state index in [4.69, 9.17) is 0 Å². The highest BCUT2D eigenvalue weighted by Crippen LogP contribution is 2.19. The van der Waals surface area contributed by atoms with Gasteiger partial charge in [-0.05, 0) is 30.5 Å². The molecule has 0 atom stereocenters. The first-order chi connectivity index (χ1) is 13.9. The average Bonchev–Trinajstić information content (AvgIpc) is 2.74. The van der Waals surface area contributed by atoms with Crippen molar-refractivity contribution in [3.8, 4) is 11.1 Å². The molecule has 2 aromatic carbocycles. The van der Waals surface area contributed by atoms with Crippen molar-refractivity contribution >= 4 is 17.7 Å². The molecule has 0 bridgehead atoms. The van der Waals surface area contributed by atoms with E-state index in [1.54, 1.807) is 4.90 Å². The number of carbonyl (C=O) groups excluding carboxylic acids is 3. The molecule has 3 rings (SSSR count). The van der Waals surface area contributed by atoms with E-state index in [1.165, 1.54) is 4.90 Å². The Morgan fingerprint density at radius 1 is 0.828 bits per heavy atom. The fourth-order valence-electron chi connectivity index (χ4n) is 3.36. The molecule has 29 heavy (non-hydrogen) atoms. The van der Waals surface area contributed by atoms with Crippen molar-refractivity contribution in [2.45, 2.75) is 26.3 Å². The third kappa shape index (κ3) is 5.44. The second-order valence-electron chi connectivity index (χ2n) is 7.54. The van der Waals surface area contributed by atoms with E-state index < -0.39 is 11.8 Å². The van der Waals surface area contributed by atoms with Gasteiger partial charge >= 0.3 is 11.8 Å². The molecule has 0 radical (unpaired) electrons. The van der Waals surface area contributed by atoms with Crippen LogP contribution in [0.4, 0.5) is 0 Å². The Morgan fingerprint density at radius 3 is 1.97 bits per heavy atom. The second-order valence-corrected chi connectivity index (χ2v) is 7.54. The Hall–Kier alpha value is -3.15. The molecule has 3 amide bonds. The highest BCUT2D eigenvalue weighted by Gasteiger charge is 2.28. The molecule has 0 aromatic heterocycles. The zero-order valence-corrected chi connectivity index (χ0v) is 16.9. The molecule has 0 unspecified atom stereocenters. The Kier molecular flexibility index (Phi) is 6.65. The largest absolute Gasteiger partial charge is 0.346 e. The van der Waals surface area contributed by atoms with Gasteiger partial charge in [0.2, 0.25) is 5.91 Å². The van der Waals surface area contributed by atoms with Gasteiger partial charge in [0.1, 0.15) is 0 Å². The van der Waals surface area contributed by atoms with Crippen molar-refractivity contribution in [2.24, 2.45) is 0 Å². The van der Waals surface area contributed by atoms with Crippen molar-refractivity contribution < 1.29 is 14.4 Å².